The van der Waals surface area contributed by atoms with Gasteiger partial charge < -0.3 is 4.90 Å². The molecule has 0 unspecified atom stereocenters. The van der Waals surface area contributed by atoms with Crippen molar-refractivity contribution >= 4 is 45.6 Å². The Kier molecular flexibility index (Phi) is 6.47. The molecule has 3 rings (SSSR count). The summed E-state index contributed by atoms with van der Waals surface area (Å²) in [5.41, 5.74) is 5.17. The number of nitrogens with zero attached hydrogens (tertiary/aromatic N) is 3. The Morgan fingerprint density at radius 2 is 1.63 bits per heavy atom. The zero-order valence-electron chi connectivity index (χ0n) is 17.8. The Bertz CT molecular complexity index is 1080. The molecule has 0 atom stereocenters. The van der Waals surface area contributed by atoms with Gasteiger partial charge in [-0.1, -0.05) is 18.2 Å². The van der Waals surface area contributed by atoms with E-state index in [1.54, 1.807) is 11.0 Å². The molecule has 0 saturated carbocycles. The molecular weight excluding hydrogens is 394 g/mol. The largest absolute Gasteiger partial charge is 0.378 e. The van der Waals surface area contributed by atoms with Crippen LogP contribution in [0.5, 0.6) is 0 Å². The molecule has 0 radical (unpaired) electrons. The maximum atomic E-state index is 12.5. The van der Waals surface area contributed by atoms with Crippen LogP contribution in [0.1, 0.15) is 34.1 Å². The molecule has 0 bridgehead atoms. The predicted molar refractivity (Wildman–Crippen MR) is 125 cm³/mol. The summed E-state index contributed by atoms with van der Waals surface area (Å²) in [4.78, 5) is 33.1. The number of carbonyl (C=O) groups excluding carboxylic acids is 2. The molecule has 1 aromatic heterocycles. The molecule has 2 aromatic carbocycles. The fourth-order valence-electron chi connectivity index (χ4n) is 3.18. The number of rotatable bonds is 6. The summed E-state index contributed by atoms with van der Waals surface area (Å²) >= 11 is 1.38. The number of hydrogen-bond donors (Lipinski definition) is 0. The number of hydrogen-bond acceptors (Lipinski definition) is 5. The summed E-state index contributed by atoms with van der Waals surface area (Å²) in [5.74, 6) is -0.192. The normalized spacial score (nSPS) is 11.0. The number of aryl methyl sites for hydroxylation is 2. The van der Waals surface area contributed by atoms with Crippen LogP contribution in [-0.4, -0.2) is 30.8 Å². The van der Waals surface area contributed by atoms with E-state index in [0.29, 0.717) is 16.4 Å². The minimum absolute atomic E-state index is 0.0898. The lowest BCUT2D eigenvalue weighted by Crippen LogP contribution is -2.24. The average molecular weight is 420 g/mol. The second-order valence-corrected chi connectivity index (χ2v) is 8.13. The van der Waals surface area contributed by atoms with Gasteiger partial charge in [0.15, 0.2) is 10.9 Å². The van der Waals surface area contributed by atoms with Crippen molar-refractivity contribution in [3.8, 4) is 0 Å². The van der Waals surface area contributed by atoms with Crippen LogP contribution in [-0.2, 0) is 4.79 Å². The Morgan fingerprint density at radius 3 is 2.20 bits per heavy atom. The van der Waals surface area contributed by atoms with E-state index in [1.807, 2.05) is 80.7 Å². The number of anilines is 3. The third-order valence-electron chi connectivity index (χ3n) is 4.75. The molecule has 3 aromatic rings. The van der Waals surface area contributed by atoms with Crippen LogP contribution < -0.4 is 9.80 Å². The number of aromatic nitrogens is 1. The quantitative estimate of drug-likeness (QED) is 0.396. The molecule has 0 aliphatic heterocycles. The van der Waals surface area contributed by atoms with Crippen molar-refractivity contribution in [2.75, 3.05) is 23.9 Å². The van der Waals surface area contributed by atoms with Gasteiger partial charge in [-0.15, -0.1) is 11.3 Å². The van der Waals surface area contributed by atoms with Crippen molar-refractivity contribution in [1.82, 2.24) is 4.98 Å². The molecular formula is C24H25N3O2S. The first-order valence-electron chi connectivity index (χ1n) is 9.60. The molecule has 1 heterocycles. The van der Waals surface area contributed by atoms with E-state index in [-0.39, 0.29) is 11.7 Å². The first-order chi connectivity index (χ1) is 14.3. The van der Waals surface area contributed by atoms with Gasteiger partial charge in [-0.2, -0.15) is 0 Å². The predicted octanol–water partition coefficient (Wildman–Crippen LogP) is 5.41. The molecule has 0 aliphatic rings. The number of ketones is 1. The lowest BCUT2D eigenvalue weighted by molar-refractivity contribution is -0.115. The third kappa shape index (κ3) is 4.66. The SMILES string of the molecule is CC(=O)N(c1nc(/C=C/C(=O)c2ccc(N(C)C)cc2)cs1)c1c(C)cccc1C. The van der Waals surface area contributed by atoms with E-state index < -0.39 is 0 Å². The van der Waals surface area contributed by atoms with Crippen molar-refractivity contribution < 1.29 is 9.59 Å². The van der Waals surface area contributed by atoms with E-state index in [2.05, 4.69) is 4.98 Å². The first kappa shape index (κ1) is 21.5. The smallest absolute Gasteiger partial charge is 0.230 e. The number of allylic oxidation sites excluding steroid dienone is 1. The summed E-state index contributed by atoms with van der Waals surface area (Å²) in [7, 11) is 3.92. The molecule has 0 spiro atoms. The highest BCUT2D eigenvalue weighted by molar-refractivity contribution is 7.14. The van der Waals surface area contributed by atoms with Crippen molar-refractivity contribution in [2.45, 2.75) is 20.8 Å². The van der Waals surface area contributed by atoms with Gasteiger partial charge in [-0.25, -0.2) is 4.98 Å². The molecule has 0 aliphatic carbocycles. The summed E-state index contributed by atoms with van der Waals surface area (Å²) < 4.78 is 0. The number of benzene rings is 2. The summed E-state index contributed by atoms with van der Waals surface area (Å²) in [6.45, 7) is 5.49. The van der Waals surface area contributed by atoms with Gasteiger partial charge >= 0.3 is 0 Å². The van der Waals surface area contributed by atoms with Gasteiger partial charge in [-0.3, -0.25) is 14.5 Å². The van der Waals surface area contributed by atoms with Crippen LogP contribution >= 0.6 is 11.3 Å². The molecule has 1 amide bonds. The Balaban J connectivity index is 1.82. The zero-order valence-corrected chi connectivity index (χ0v) is 18.7. The summed E-state index contributed by atoms with van der Waals surface area (Å²) in [6.07, 6.45) is 3.20. The van der Waals surface area contributed by atoms with E-state index in [9.17, 15) is 9.59 Å². The van der Waals surface area contributed by atoms with Crippen molar-refractivity contribution in [1.29, 1.82) is 0 Å². The molecule has 154 valence electrons. The lowest BCUT2D eigenvalue weighted by Gasteiger charge is -2.22. The van der Waals surface area contributed by atoms with Gasteiger partial charge in [0.1, 0.15) is 0 Å². The average Bonchev–Trinajstić information content (AvgIpc) is 3.17. The first-order valence-corrected chi connectivity index (χ1v) is 10.5. The van der Waals surface area contributed by atoms with E-state index in [1.165, 1.54) is 24.3 Å². The molecule has 5 nitrogen and oxygen atoms in total. The van der Waals surface area contributed by atoms with Crippen LogP contribution in [0.3, 0.4) is 0 Å². The fraction of sp³-hybridized carbons (Fsp3) is 0.208. The highest BCUT2D eigenvalue weighted by atomic mass is 32.1. The zero-order chi connectivity index (χ0) is 21.8. The molecule has 0 fully saturated rings. The molecule has 0 N–H and O–H groups in total. The van der Waals surface area contributed by atoms with Gasteiger partial charge in [0.05, 0.1) is 11.4 Å². The van der Waals surface area contributed by atoms with Crippen molar-refractivity contribution in [3.05, 3.63) is 76.3 Å². The standard InChI is InChI=1S/C24H25N3O2S/c1-16-7-6-8-17(2)23(16)27(18(3)28)24-25-20(15-30-24)11-14-22(29)19-9-12-21(13-10-19)26(4)5/h6-15H,1-5H3/b14-11+. The highest BCUT2D eigenvalue weighted by Gasteiger charge is 2.21. The third-order valence-corrected chi connectivity index (χ3v) is 5.60. The van der Waals surface area contributed by atoms with Crippen molar-refractivity contribution in [2.24, 2.45) is 0 Å². The van der Waals surface area contributed by atoms with E-state index in [4.69, 9.17) is 0 Å². The van der Waals surface area contributed by atoms with Crippen LogP contribution in [0.4, 0.5) is 16.5 Å². The van der Waals surface area contributed by atoms with E-state index in [0.717, 1.165) is 22.5 Å². The Hall–Kier alpha value is -3.25. The minimum Gasteiger partial charge on any atom is -0.378 e. The number of carbonyl (C=O) groups is 2. The molecule has 0 saturated heterocycles. The van der Waals surface area contributed by atoms with E-state index >= 15 is 0 Å². The maximum Gasteiger partial charge on any atom is 0.230 e. The maximum absolute atomic E-state index is 12.5. The summed E-state index contributed by atoms with van der Waals surface area (Å²) in [6, 6.07) is 13.4. The Morgan fingerprint density at radius 1 is 1.00 bits per heavy atom. The van der Waals surface area contributed by atoms with Gasteiger partial charge in [-0.05, 0) is 61.4 Å². The summed E-state index contributed by atoms with van der Waals surface area (Å²) in [5, 5.41) is 2.43. The van der Waals surface area contributed by atoms with Crippen LogP contribution in [0.15, 0.2) is 53.9 Å². The number of para-hydroxylation sites is 1. The lowest BCUT2D eigenvalue weighted by atomic mass is 10.1. The second-order valence-electron chi connectivity index (χ2n) is 7.29. The second kappa shape index (κ2) is 9.05. The fourth-order valence-corrected chi connectivity index (χ4v) is 4.02. The van der Waals surface area contributed by atoms with Gasteiger partial charge in [0.25, 0.3) is 0 Å². The van der Waals surface area contributed by atoms with Crippen LogP contribution in [0.25, 0.3) is 6.08 Å². The van der Waals surface area contributed by atoms with Crippen LogP contribution in [0.2, 0.25) is 0 Å². The topological polar surface area (TPSA) is 53.5 Å². The molecule has 6 heteroatoms. The number of thiazole rings is 1. The van der Waals surface area contributed by atoms with Gasteiger partial charge in [0, 0.05) is 37.6 Å². The number of amides is 1. The minimum atomic E-state index is -0.102. The monoisotopic (exact) mass is 419 g/mol. The van der Waals surface area contributed by atoms with Crippen molar-refractivity contribution in [3.63, 3.8) is 0 Å². The Labute approximate surface area is 181 Å². The molecule has 30 heavy (non-hydrogen) atoms. The van der Waals surface area contributed by atoms with Gasteiger partial charge in [0.2, 0.25) is 5.91 Å². The van der Waals surface area contributed by atoms with Crippen LogP contribution in [0, 0.1) is 13.8 Å². The highest BCUT2D eigenvalue weighted by Crippen LogP contribution is 2.33.